The molecule has 0 saturated carbocycles. The summed E-state index contributed by atoms with van der Waals surface area (Å²) in [5.41, 5.74) is 3.50. The highest BCUT2D eigenvalue weighted by Gasteiger charge is 2.09. The summed E-state index contributed by atoms with van der Waals surface area (Å²) in [5, 5.41) is 5.15. The van der Waals surface area contributed by atoms with Crippen LogP contribution in [0.25, 0.3) is 6.08 Å². The minimum Gasteiger partial charge on any atom is -0.497 e. The average Bonchev–Trinajstić information content (AvgIpc) is 2.73. The molecule has 0 atom stereocenters. The van der Waals surface area contributed by atoms with Gasteiger partial charge < -0.3 is 20.1 Å². The molecule has 2 N–H and O–H groups in total. The second-order valence-electron chi connectivity index (χ2n) is 6.29. The fourth-order valence-corrected chi connectivity index (χ4v) is 2.37. The molecule has 0 radical (unpaired) electrons. The van der Waals surface area contributed by atoms with Crippen molar-refractivity contribution in [2.45, 2.75) is 13.8 Å². The van der Waals surface area contributed by atoms with E-state index in [1.807, 2.05) is 26.0 Å². The SMILES string of the molecule is COc1ccc(/C=C/C(=O)OCC(=O)NCC(=O)Nc2cccc(C)c2C)cc1. The van der Waals surface area contributed by atoms with Crippen molar-refractivity contribution < 1.29 is 23.9 Å². The highest BCUT2D eigenvalue weighted by Crippen LogP contribution is 2.17. The highest BCUT2D eigenvalue weighted by molar-refractivity contribution is 5.95. The van der Waals surface area contributed by atoms with Gasteiger partial charge >= 0.3 is 5.97 Å². The zero-order valence-corrected chi connectivity index (χ0v) is 16.7. The minimum absolute atomic E-state index is 0.217. The van der Waals surface area contributed by atoms with E-state index in [0.717, 1.165) is 16.7 Å². The van der Waals surface area contributed by atoms with Crippen LogP contribution in [0.1, 0.15) is 16.7 Å². The molecular formula is C22H24N2O5. The first-order chi connectivity index (χ1) is 13.9. The predicted molar refractivity (Wildman–Crippen MR) is 111 cm³/mol. The van der Waals surface area contributed by atoms with Gasteiger partial charge in [-0.2, -0.15) is 0 Å². The molecule has 0 aliphatic rings. The topological polar surface area (TPSA) is 93.7 Å². The van der Waals surface area contributed by atoms with E-state index in [1.165, 1.54) is 6.08 Å². The first-order valence-electron chi connectivity index (χ1n) is 9.00. The lowest BCUT2D eigenvalue weighted by Gasteiger charge is -2.11. The number of anilines is 1. The molecule has 29 heavy (non-hydrogen) atoms. The average molecular weight is 396 g/mol. The fourth-order valence-electron chi connectivity index (χ4n) is 2.37. The van der Waals surface area contributed by atoms with Crippen LogP contribution in [0, 0.1) is 13.8 Å². The summed E-state index contributed by atoms with van der Waals surface area (Å²) in [6.45, 7) is 3.17. The van der Waals surface area contributed by atoms with Gasteiger partial charge in [0.2, 0.25) is 5.91 Å². The lowest BCUT2D eigenvalue weighted by atomic mass is 10.1. The largest absolute Gasteiger partial charge is 0.497 e. The normalized spacial score (nSPS) is 10.4. The fraction of sp³-hybridized carbons (Fsp3) is 0.227. The second-order valence-corrected chi connectivity index (χ2v) is 6.29. The Morgan fingerprint density at radius 1 is 1.00 bits per heavy atom. The quantitative estimate of drug-likeness (QED) is 0.528. The maximum Gasteiger partial charge on any atom is 0.331 e. The zero-order chi connectivity index (χ0) is 21.2. The van der Waals surface area contributed by atoms with Gasteiger partial charge in [0.05, 0.1) is 13.7 Å². The van der Waals surface area contributed by atoms with Gasteiger partial charge in [0.25, 0.3) is 5.91 Å². The number of carbonyl (C=O) groups is 3. The number of esters is 1. The number of rotatable bonds is 8. The van der Waals surface area contributed by atoms with E-state index in [2.05, 4.69) is 10.6 Å². The number of methoxy groups -OCH3 is 1. The first-order valence-corrected chi connectivity index (χ1v) is 9.00. The molecule has 152 valence electrons. The van der Waals surface area contributed by atoms with Gasteiger partial charge in [0.1, 0.15) is 5.75 Å². The number of aryl methyl sites for hydroxylation is 1. The number of carbonyl (C=O) groups excluding carboxylic acids is 3. The molecule has 2 aromatic rings. The number of hydrogen-bond acceptors (Lipinski definition) is 5. The van der Waals surface area contributed by atoms with Crippen molar-refractivity contribution >= 4 is 29.5 Å². The Bertz CT molecular complexity index is 904. The third-order valence-electron chi connectivity index (χ3n) is 4.20. The second kappa shape index (κ2) is 10.7. The molecule has 2 amide bonds. The Hall–Kier alpha value is -3.61. The molecule has 2 aromatic carbocycles. The molecule has 0 aromatic heterocycles. The van der Waals surface area contributed by atoms with E-state index in [9.17, 15) is 14.4 Å². The van der Waals surface area contributed by atoms with Crippen molar-refractivity contribution in [1.29, 1.82) is 0 Å². The maximum atomic E-state index is 12.0. The molecule has 0 aliphatic heterocycles. The van der Waals surface area contributed by atoms with Crippen LogP contribution in [0.5, 0.6) is 5.75 Å². The molecule has 0 unspecified atom stereocenters. The molecule has 0 spiro atoms. The monoisotopic (exact) mass is 396 g/mol. The van der Waals surface area contributed by atoms with Crippen LogP contribution in [-0.4, -0.2) is 38.0 Å². The van der Waals surface area contributed by atoms with Crippen molar-refractivity contribution in [3.63, 3.8) is 0 Å². The summed E-state index contributed by atoms with van der Waals surface area (Å²) >= 11 is 0. The smallest absolute Gasteiger partial charge is 0.331 e. The molecule has 0 fully saturated rings. The van der Waals surface area contributed by atoms with Crippen LogP contribution < -0.4 is 15.4 Å². The van der Waals surface area contributed by atoms with Crippen molar-refractivity contribution in [3.8, 4) is 5.75 Å². The summed E-state index contributed by atoms with van der Waals surface area (Å²) in [6, 6.07) is 12.7. The van der Waals surface area contributed by atoms with E-state index in [1.54, 1.807) is 43.5 Å². The Morgan fingerprint density at radius 2 is 1.72 bits per heavy atom. The first kappa shape index (κ1) is 21.7. The van der Waals surface area contributed by atoms with Gasteiger partial charge in [-0.15, -0.1) is 0 Å². The van der Waals surface area contributed by atoms with Crippen LogP contribution in [0.4, 0.5) is 5.69 Å². The zero-order valence-electron chi connectivity index (χ0n) is 16.7. The Labute approximate surface area is 169 Å². The van der Waals surface area contributed by atoms with Crippen molar-refractivity contribution in [2.24, 2.45) is 0 Å². The molecule has 7 nitrogen and oxygen atoms in total. The van der Waals surface area contributed by atoms with Gasteiger partial charge in [-0.05, 0) is 54.8 Å². The number of benzene rings is 2. The van der Waals surface area contributed by atoms with E-state index >= 15 is 0 Å². The molecule has 0 heterocycles. The van der Waals surface area contributed by atoms with Crippen LogP contribution in [0.15, 0.2) is 48.5 Å². The Balaban J connectivity index is 1.71. The summed E-state index contributed by atoms with van der Waals surface area (Å²) in [7, 11) is 1.57. The van der Waals surface area contributed by atoms with Gasteiger partial charge in [0.15, 0.2) is 6.61 Å². The lowest BCUT2D eigenvalue weighted by Crippen LogP contribution is -2.35. The van der Waals surface area contributed by atoms with Crippen LogP contribution in [0.2, 0.25) is 0 Å². The molecule has 7 heteroatoms. The highest BCUT2D eigenvalue weighted by atomic mass is 16.5. The molecule has 0 saturated heterocycles. The van der Waals surface area contributed by atoms with E-state index in [-0.39, 0.29) is 12.5 Å². The molecule has 2 rings (SSSR count). The van der Waals surface area contributed by atoms with E-state index < -0.39 is 18.5 Å². The van der Waals surface area contributed by atoms with Gasteiger partial charge in [-0.1, -0.05) is 24.3 Å². The lowest BCUT2D eigenvalue weighted by molar-refractivity contribution is -0.143. The third-order valence-corrected chi connectivity index (χ3v) is 4.20. The number of amides is 2. The number of hydrogen-bond donors (Lipinski definition) is 2. The maximum absolute atomic E-state index is 12.0. The van der Waals surface area contributed by atoms with Crippen molar-refractivity contribution in [1.82, 2.24) is 5.32 Å². The minimum atomic E-state index is -0.657. The Kier molecular flexibility index (Phi) is 7.97. The summed E-state index contributed by atoms with van der Waals surface area (Å²) in [4.78, 5) is 35.4. The molecule has 0 aliphatic carbocycles. The standard InChI is InChI=1S/C22H24N2O5/c1-15-5-4-6-19(16(15)2)24-20(25)13-23-21(26)14-29-22(27)12-9-17-7-10-18(28-3)11-8-17/h4-12H,13-14H2,1-3H3,(H,23,26)(H,24,25)/b12-9+. The third kappa shape index (κ3) is 7.14. The van der Waals surface area contributed by atoms with Gasteiger partial charge in [0, 0.05) is 11.8 Å². The molecule has 0 bridgehead atoms. The van der Waals surface area contributed by atoms with Crippen LogP contribution in [0.3, 0.4) is 0 Å². The number of ether oxygens (including phenoxy) is 2. The van der Waals surface area contributed by atoms with Gasteiger partial charge in [-0.3, -0.25) is 9.59 Å². The predicted octanol–water partition coefficient (Wildman–Crippen LogP) is 2.62. The van der Waals surface area contributed by atoms with Gasteiger partial charge in [-0.25, -0.2) is 4.79 Å². The summed E-state index contributed by atoms with van der Waals surface area (Å²) in [5.74, 6) is -0.871. The summed E-state index contributed by atoms with van der Waals surface area (Å²) < 4.78 is 9.92. The number of nitrogens with one attached hydrogen (secondary N) is 2. The molecular weight excluding hydrogens is 372 g/mol. The van der Waals surface area contributed by atoms with Crippen molar-refractivity contribution in [3.05, 3.63) is 65.2 Å². The van der Waals surface area contributed by atoms with E-state index in [4.69, 9.17) is 9.47 Å². The van der Waals surface area contributed by atoms with Crippen molar-refractivity contribution in [2.75, 3.05) is 25.6 Å². The van der Waals surface area contributed by atoms with Crippen LogP contribution in [-0.2, 0) is 19.1 Å². The van der Waals surface area contributed by atoms with Crippen LogP contribution >= 0.6 is 0 Å². The summed E-state index contributed by atoms with van der Waals surface area (Å²) in [6.07, 6.45) is 2.79. The Morgan fingerprint density at radius 3 is 2.41 bits per heavy atom. The van der Waals surface area contributed by atoms with E-state index in [0.29, 0.717) is 11.4 Å².